The van der Waals surface area contributed by atoms with Crippen LogP contribution in [0, 0.1) is 0 Å². The molecule has 3 heterocycles. The maximum atomic E-state index is 12.6. The van der Waals surface area contributed by atoms with Gasteiger partial charge in [-0.05, 0) is 51.2 Å². The van der Waals surface area contributed by atoms with Gasteiger partial charge in [0.25, 0.3) is 0 Å². The topological polar surface area (TPSA) is 54.6 Å². The third-order valence-electron chi connectivity index (χ3n) is 6.22. The molecule has 0 amide bonds. The van der Waals surface area contributed by atoms with Crippen molar-refractivity contribution in [1.29, 1.82) is 0 Å². The molecule has 2 aliphatic rings. The summed E-state index contributed by atoms with van der Waals surface area (Å²) < 4.78 is 21.4. The fraction of sp³-hybridized carbons (Fsp3) is 0.550. The second kappa shape index (κ2) is 6.09. The van der Waals surface area contributed by atoms with Gasteiger partial charge in [0.05, 0.1) is 35.4 Å². The maximum absolute atomic E-state index is 12.6. The zero-order valence-corrected chi connectivity index (χ0v) is 17.0. The second-order valence-electron chi connectivity index (χ2n) is 8.48. The molecule has 6 nitrogen and oxygen atoms in total. The minimum Gasteiger partial charge on any atom is -0.399 e. The van der Waals surface area contributed by atoms with Crippen LogP contribution in [-0.2, 0) is 28.1 Å². The van der Waals surface area contributed by atoms with Crippen molar-refractivity contribution >= 4 is 29.2 Å². The summed E-state index contributed by atoms with van der Waals surface area (Å²) in [7, 11) is 3.16. The molecule has 0 spiro atoms. The number of ether oxygens (including phenoxy) is 1. The number of nitrogens with zero attached hydrogens (tertiary/aromatic N) is 2. The molecule has 1 aromatic heterocycles. The lowest BCUT2D eigenvalue weighted by Crippen LogP contribution is -2.41. The van der Waals surface area contributed by atoms with Crippen molar-refractivity contribution < 1.29 is 14.0 Å². The van der Waals surface area contributed by atoms with E-state index >= 15 is 0 Å². The minimum absolute atomic E-state index is 0.0371. The fourth-order valence-corrected chi connectivity index (χ4v) is 3.80. The summed E-state index contributed by atoms with van der Waals surface area (Å²) >= 11 is 0. The molecular weight excluding hydrogens is 343 g/mol. The molecule has 144 valence electrons. The molecule has 1 aromatic carbocycles. The summed E-state index contributed by atoms with van der Waals surface area (Å²) in [5, 5.41) is 0. The first-order valence-corrected chi connectivity index (χ1v) is 9.44. The Morgan fingerprint density at radius 2 is 1.70 bits per heavy atom. The number of benzene rings is 1. The van der Waals surface area contributed by atoms with Crippen LogP contribution >= 0.6 is 0 Å². The van der Waals surface area contributed by atoms with E-state index in [4.69, 9.17) is 14.0 Å². The van der Waals surface area contributed by atoms with E-state index in [1.54, 1.807) is 16.2 Å². The first-order chi connectivity index (χ1) is 12.6. The second-order valence-corrected chi connectivity index (χ2v) is 8.48. The molecule has 7 heteroatoms. The van der Waals surface area contributed by atoms with Crippen molar-refractivity contribution in [2.75, 3.05) is 13.2 Å². The summed E-state index contributed by atoms with van der Waals surface area (Å²) in [6.07, 6.45) is 2.93. The number of aryl methyl sites for hydroxylation is 2. The van der Waals surface area contributed by atoms with Crippen LogP contribution in [-0.4, -0.2) is 40.7 Å². The molecule has 0 N–H and O–H groups in total. The Hall–Kier alpha value is -1.83. The number of hydrogen-bond acceptors (Lipinski definition) is 4. The smallest absolute Gasteiger partial charge is 0.399 e. The zero-order valence-electron chi connectivity index (χ0n) is 17.0. The molecule has 2 aliphatic heterocycles. The van der Waals surface area contributed by atoms with Gasteiger partial charge in [-0.25, -0.2) is 4.79 Å². The molecule has 2 aromatic rings. The summed E-state index contributed by atoms with van der Waals surface area (Å²) in [6, 6.07) is 4.13. The molecule has 27 heavy (non-hydrogen) atoms. The molecule has 0 bridgehead atoms. The number of rotatable bonds is 2. The van der Waals surface area contributed by atoms with Crippen molar-refractivity contribution in [2.45, 2.75) is 45.3 Å². The quantitative estimate of drug-likeness (QED) is 0.759. The Morgan fingerprint density at radius 1 is 1.04 bits per heavy atom. The van der Waals surface area contributed by atoms with Gasteiger partial charge in [-0.1, -0.05) is 12.1 Å². The van der Waals surface area contributed by atoms with Gasteiger partial charge in [-0.3, -0.25) is 9.13 Å². The highest BCUT2D eigenvalue weighted by Crippen LogP contribution is 2.37. The van der Waals surface area contributed by atoms with Gasteiger partial charge in [-0.2, -0.15) is 0 Å². The minimum atomic E-state index is -0.464. The summed E-state index contributed by atoms with van der Waals surface area (Å²) in [5.74, 6) is 0. The van der Waals surface area contributed by atoms with Crippen LogP contribution < -0.4 is 11.2 Å². The van der Waals surface area contributed by atoms with E-state index in [0.29, 0.717) is 13.2 Å². The Bertz CT molecular complexity index is 984. The van der Waals surface area contributed by atoms with Gasteiger partial charge in [-0.15, -0.1) is 0 Å². The standard InChI is InChI=1S/C20H27BN2O4/c1-19(2)20(3,4)27-21(26-19)14-11-15(13-7-9-25-10-8-13)17-16(12-14)22(5)18(24)23(17)6/h7,11-12H,8-10H2,1-6H3. The predicted octanol–water partition coefficient (Wildman–Crippen LogP) is 1.98. The SMILES string of the molecule is Cn1c(=O)n(C)c2c(C3=CCOCC3)cc(B3OC(C)(C)C(C)(C)O3)cc21. The first kappa shape index (κ1) is 18.5. The van der Waals surface area contributed by atoms with E-state index in [1.165, 1.54) is 5.57 Å². The molecule has 0 saturated carbocycles. The lowest BCUT2D eigenvalue weighted by atomic mass is 9.77. The van der Waals surface area contributed by atoms with E-state index in [2.05, 4.69) is 12.1 Å². The Morgan fingerprint density at radius 3 is 2.30 bits per heavy atom. The van der Waals surface area contributed by atoms with Gasteiger partial charge in [0, 0.05) is 19.7 Å². The largest absolute Gasteiger partial charge is 0.494 e. The molecule has 1 fully saturated rings. The van der Waals surface area contributed by atoms with Crippen molar-refractivity contribution in [3.05, 3.63) is 34.3 Å². The van der Waals surface area contributed by atoms with Crippen LogP contribution in [0.15, 0.2) is 23.0 Å². The summed E-state index contributed by atoms with van der Waals surface area (Å²) in [4.78, 5) is 12.6. The average Bonchev–Trinajstić information content (AvgIpc) is 2.99. The van der Waals surface area contributed by atoms with E-state index in [-0.39, 0.29) is 5.69 Å². The zero-order chi connectivity index (χ0) is 19.6. The van der Waals surface area contributed by atoms with Crippen molar-refractivity contribution in [3.8, 4) is 0 Å². The molecule has 4 rings (SSSR count). The lowest BCUT2D eigenvalue weighted by molar-refractivity contribution is 0.00578. The number of hydrogen-bond donors (Lipinski definition) is 0. The first-order valence-electron chi connectivity index (χ1n) is 9.44. The van der Waals surface area contributed by atoms with Gasteiger partial charge < -0.3 is 14.0 Å². The molecular formula is C20H27BN2O4. The van der Waals surface area contributed by atoms with Crippen LogP contribution in [0.1, 0.15) is 39.7 Å². The van der Waals surface area contributed by atoms with Gasteiger partial charge >= 0.3 is 12.8 Å². The van der Waals surface area contributed by atoms with Gasteiger partial charge in [0.1, 0.15) is 0 Å². The van der Waals surface area contributed by atoms with Crippen molar-refractivity contribution in [3.63, 3.8) is 0 Å². The van der Waals surface area contributed by atoms with E-state index in [9.17, 15) is 4.79 Å². The highest BCUT2D eigenvalue weighted by Gasteiger charge is 2.51. The summed E-state index contributed by atoms with van der Waals surface area (Å²) in [5.41, 5.74) is 4.16. The lowest BCUT2D eigenvalue weighted by Gasteiger charge is -2.32. The van der Waals surface area contributed by atoms with Crippen LogP contribution in [0.3, 0.4) is 0 Å². The number of fused-ring (bicyclic) bond motifs is 1. The molecule has 0 aliphatic carbocycles. The third-order valence-corrected chi connectivity index (χ3v) is 6.22. The number of aromatic nitrogens is 2. The fourth-order valence-electron chi connectivity index (χ4n) is 3.80. The molecule has 0 unspecified atom stereocenters. The van der Waals surface area contributed by atoms with Crippen LogP contribution in [0.5, 0.6) is 0 Å². The monoisotopic (exact) mass is 370 g/mol. The Balaban J connectivity index is 1.92. The maximum Gasteiger partial charge on any atom is 0.494 e. The van der Waals surface area contributed by atoms with E-state index in [0.717, 1.165) is 28.5 Å². The third kappa shape index (κ3) is 2.80. The average molecular weight is 370 g/mol. The highest BCUT2D eigenvalue weighted by molar-refractivity contribution is 6.62. The summed E-state index contributed by atoms with van der Waals surface area (Å²) in [6.45, 7) is 9.47. The van der Waals surface area contributed by atoms with E-state index < -0.39 is 18.3 Å². The van der Waals surface area contributed by atoms with E-state index in [1.807, 2.05) is 40.8 Å². The normalized spacial score (nSPS) is 21.7. The molecule has 0 atom stereocenters. The Kier molecular flexibility index (Phi) is 4.18. The van der Waals surface area contributed by atoms with Gasteiger partial charge in [0.2, 0.25) is 0 Å². The highest BCUT2D eigenvalue weighted by atomic mass is 16.7. The van der Waals surface area contributed by atoms with Crippen LogP contribution in [0.25, 0.3) is 16.6 Å². The molecule has 0 radical (unpaired) electrons. The number of imidazole rings is 1. The van der Waals surface area contributed by atoms with Crippen LogP contribution in [0.4, 0.5) is 0 Å². The van der Waals surface area contributed by atoms with Crippen molar-refractivity contribution in [1.82, 2.24) is 9.13 Å². The van der Waals surface area contributed by atoms with Crippen LogP contribution in [0.2, 0.25) is 0 Å². The molecule has 1 saturated heterocycles. The predicted molar refractivity (Wildman–Crippen MR) is 107 cm³/mol. The van der Waals surface area contributed by atoms with Gasteiger partial charge in [0.15, 0.2) is 0 Å². The van der Waals surface area contributed by atoms with Crippen molar-refractivity contribution in [2.24, 2.45) is 14.1 Å². The Labute approximate surface area is 159 Å².